The van der Waals surface area contributed by atoms with Crippen molar-refractivity contribution in [3.05, 3.63) is 24.3 Å². The minimum atomic E-state index is 0.0208. The predicted octanol–water partition coefficient (Wildman–Crippen LogP) is 1.11. The summed E-state index contributed by atoms with van der Waals surface area (Å²) in [6.07, 6.45) is 0. The zero-order valence-electron chi connectivity index (χ0n) is 7.41. The van der Waals surface area contributed by atoms with Crippen LogP contribution in [0.1, 0.15) is 0 Å². The molecule has 0 saturated heterocycles. The van der Waals surface area contributed by atoms with Gasteiger partial charge in [-0.3, -0.25) is 4.79 Å². The van der Waals surface area contributed by atoms with Crippen molar-refractivity contribution in [3.63, 3.8) is 0 Å². The van der Waals surface area contributed by atoms with Gasteiger partial charge in [-0.1, -0.05) is 6.07 Å². The molecule has 0 radical (unpaired) electrons. The highest BCUT2D eigenvalue weighted by molar-refractivity contribution is 8.00. The maximum atomic E-state index is 10.9. The van der Waals surface area contributed by atoms with E-state index in [2.05, 4.69) is 5.32 Å². The number of benzene rings is 1. The highest BCUT2D eigenvalue weighted by atomic mass is 32.2. The lowest BCUT2D eigenvalue weighted by Crippen LogP contribution is -2.19. The maximum absolute atomic E-state index is 10.9. The lowest BCUT2D eigenvalue weighted by atomic mass is 10.3. The van der Waals surface area contributed by atoms with Crippen LogP contribution in [-0.4, -0.2) is 18.7 Å². The van der Waals surface area contributed by atoms with E-state index in [-0.39, 0.29) is 5.91 Å². The molecule has 0 aliphatic rings. The topological polar surface area (TPSA) is 55.1 Å². The number of carbonyl (C=O) groups excluding carboxylic acids is 1. The van der Waals surface area contributed by atoms with Gasteiger partial charge in [0.1, 0.15) is 0 Å². The first-order chi connectivity index (χ1) is 6.22. The molecule has 3 N–H and O–H groups in total. The fourth-order valence-electron chi connectivity index (χ4n) is 0.825. The molecule has 0 aliphatic carbocycles. The number of hydrogen-bond donors (Lipinski definition) is 2. The fraction of sp³-hybridized carbons (Fsp3) is 0.222. The van der Waals surface area contributed by atoms with Crippen molar-refractivity contribution in [1.82, 2.24) is 5.32 Å². The standard InChI is InChI=1S/C9H12N2OS/c1-11-9(12)6-13-8-4-2-3-7(10)5-8/h2-5H,6,10H2,1H3,(H,11,12). The first-order valence-corrected chi connectivity index (χ1v) is 4.90. The normalized spacial score (nSPS) is 9.62. The van der Waals surface area contributed by atoms with Crippen molar-refractivity contribution in [2.24, 2.45) is 0 Å². The summed E-state index contributed by atoms with van der Waals surface area (Å²) in [5.41, 5.74) is 6.31. The van der Waals surface area contributed by atoms with Gasteiger partial charge in [-0.25, -0.2) is 0 Å². The molecule has 0 spiro atoms. The van der Waals surface area contributed by atoms with Crippen molar-refractivity contribution in [2.75, 3.05) is 18.5 Å². The molecule has 4 heteroatoms. The summed E-state index contributed by atoms with van der Waals surface area (Å²) in [6.45, 7) is 0. The van der Waals surface area contributed by atoms with Crippen molar-refractivity contribution in [1.29, 1.82) is 0 Å². The second-order valence-corrected chi connectivity index (χ2v) is 3.58. The van der Waals surface area contributed by atoms with Crippen molar-refractivity contribution in [3.8, 4) is 0 Å². The average molecular weight is 196 g/mol. The first-order valence-electron chi connectivity index (χ1n) is 3.91. The van der Waals surface area contributed by atoms with E-state index in [0.717, 1.165) is 10.6 Å². The summed E-state index contributed by atoms with van der Waals surface area (Å²) >= 11 is 1.48. The summed E-state index contributed by atoms with van der Waals surface area (Å²) in [6, 6.07) is 7.49. The lowest BCUT2D eigenvalue weighted by Gasteiger charge is -2.01. The predicted molar refractivity (Wildman–Crippen MR) is 55.6 cm³/mol. The molecule has 13 heavy (non-hydrogen) atoms. The zero-order chi connectivity index (χ0) is 9.68. The number of hydrogen-bond acceptors (Lipinski definition) is 3. The van der Waals surface area contributed by atoms with Crippen LogP contribution >= 0.6 is 11.8 Å². The first kappa shape index (κ1) is 9.92. The Labute approximate surface area is 81.7 Å². The second-order valence-electron chi connectivity index (χ2n) is 2.53. The maximum Gasteiger partial charge on any atom is 0.230 e. The van der Waals surface area contributed by atoms with Crippen molar-refractivity contribution in [2.45, 2.75) is 4.90 Å². The van der Waals surface area contributed by atoms with Gasteiger partial charge in [0.15, 0.2) is 0 Å². The van der Waals surface area contributed by atoms with Crippen LogP contribution in [0, 0.1) is 0 Å². The molecule has 0 unspecified atom stereocenters. The van der Waals surface area contributed by atoms with E-state index >= 15 is 0 Å². The monoisotopic (exact) mass is 196 g/mol. The SMILES string of the molecule is CNC(=O)CSc1cccc(N)c1. The summed E-state index contributed by atoms with van der Waals surface area (Å²) in [7, 11) is 1.63. The van der Waals surface area contributed by atoms with E-state index < -0.39 is 0 Å². The number of amides is 1. The third-order valence-electron chi connectivity index (χ3n) is 1.51. The van der Waals surface area contributed by atoms with Crippen LogP contribution in [0.3, 0.4) is 0 Å². The van der Waals surface area contributed by atoms with Gasteiger partial charge in [0.25, 0.3) is 0 Å². The van der Waals surface area contributed by atoms with E-state index in [4.69, 9.17) is 5.73 Å². The Balaban J connectivity index is 2.50. The quantitative estimate of drug-likeness (QED) is 0.562. The minimum absolute atomic E-state index is 0.0208. The minimum Gasteiger partial charge on any atom is -0.399 e. The smallest absolute Gasteiger partial charge is 0.230 e. The van der Waals surface area contributed by atoms with E-state index in [0.29, 0.717) is 5.75 Å². The van der Waals surface area contributed by atoms with Crippen LogP contribution in [0.2, 0.25) is 0 Å². The Kier molecular flexibility index (Phi) is 3.64. The number of anilines is 1. The highest BCUT2D eigenvalue weighted by Crippen LogP contribution is 2.19. The van der Waals surface area contributed by atoms with Gasteiger partial charge >= 0.3 is 0 Å². The van der Waals surface area contributed by atoms with E-state index in [9.17, 15) is 4.79 Å². The Hall–Kier alpha value is -1.16. The molecule has 1 amide bonds. The molecule has 0 atom stereocenters. The molecular weight excluding hydrogens is 184 g/mol. The number of thioether (sulfide) groups is 1. The van der Waals surface area contributed by atoms with Crippen LogP contribution in [0.15, 0.2) is 29.2 Å². The van der Waals surface area contributed by atoms with Gasteiger partial charge in [-0.15, -0.1) is 11.8 Å². The number of nitrogens with two attached hydrogens (primary N) is 1. The zero-order valence-corrected chi connectivity index (χ0v) is 8.23. The molecule has 3 nitrogen and oxygen atoms in total. The van der Waals surface area contributed by atoms with E-state index in [1.807, 2.05) is 24.3 Å². The Morgan fingerprint density at radius 1 is 1.62 bits per heavy atom. The molecule has 0 fully saturated rings. The lowest BCUT2D eigenvalue weighted by molar-refractivity contribution is -0.118. The molecule has 0 aromatic heterocycles. The Morgan fingerprint density at radius 3 is 3.00 bits per heavy atom. The van der Waals surface area contributed by atoms with Gasteiger partial charge in [-0.05, 0) is 18.2 Å². The number of carbonyl (C=O) groups is 1. The fourth-order valence-corrected chi connectivity index (χ4v) is 1.66. The van der Waals surface area contributed by atoms with Gasteiger partial charge in [-0.2, -0.15) is 0 Å². The van der Waals surface area contributed by atoms with Crippen LogP contribution in [0.25, 0.3) is 0 Å². The number of nitrogen functional groups attached to an aromatic ring is 1. The Bertz CT molecular complexity index is 301. The molecule has 70 valence electrons. The van der Waals surface area contributed by atoms with E-state index in [1.54, 1.807) is 7.05 Å². The van der Waals surface area contributed by atoms with Gasteiger partial charge in [0, 0.05) is 17.6 Å². The molecule has 1 aromatic carbocycles. The molecule has 0 bridgehead atoms. The number of rotatable bonds is 3. The van der Waals surface area contributed by atoms with E-state index in [1.165, 1.54) is 11.8 Å². The molecule has 0 saturated carbocycles. The third kappa shape index (κ3) is 3.38. The summed E-state index contributed by atoms with van der Waals surface area (Å²) in [5, 5.41) is 2.56. The summed E-state index contributed by atoms with van der Waals surface area (Å²) in [5.74, 6) is 0.451. The van der Waals surface area contributed by atoms with Gasteiger partial charge in [0.2, 0.25) is 5.91 Å². The molecule has 0 aliphatic heterocycles. The summed E-state index contributed by atoms with van der Waals surface area (Å²) in [4.78, 5) is 11.9. The Morgan fingerprint density at radius 2 is 2.38 bits per heavy atom. The second kappa shape index (κ2) is 4.77. The van der Waals surface area contributed by atoms with Crippen LogP contribution in [0.5, 0.6) is 0 Å². The van der Waals surface area contributed by atoms with Gasteiger partial charge in [0.05, 0.1) is 5.75 Å². The van der Waals surface area contributed by atoms with Crippen molar-refractivity contribution >= 4 is 23.4 Å². The number of nitrogens with one attached hydrogen (secondary N) is 1. The molecule has 1 rings (SSSR count). The van der Waals surface area contributed by atoms with Crippen LogP contribution in [-0.2, 0) is 4.79 Å². The third-order valence-corrected chi connectivity index (χ3v) is 2.50. The molecule has 1 aromatic rings. The van der Waals surface area contributed by atoms with Crippen LogP contribution in [0.4, 0.5) is 5.69 Å². The molecular formula is C9H12N2OS. The van der Waals surface area contributed by atoms with Crippen LogP contribution < -0.4 is 11.1 Å². The highest BCUT2D eigenvalue weighted by Gasteiger charge is 1.99. The largest absolute Gasteiger partial charge is 0.399 e. The average Bonchev–Trinajstić information content (AvgIpc) is 2.14. The molecule has 0 heterocycles. The van der Waals surface area contributed by atoms with Crippen molar-refractivity contribution < 1.29 is 4.79 Å². The summed E-state index contributed by atoms with van der Waals surface area (Å²) < 4.78 is 0. The van der Waals surface area contributed by atoms with Gasteiger partial charge < -0.3 is 11.1 Å².